The summed E-state index contributed by atoms with van der Waals surface area (Å²) >= 11 is 1.78. The maximum atomic E-state index is 4.45. The van der Waals surface area contributed by atoms with Gasteiger partial charge >= 0.3 is 0 Å². The van der Waals surface area contributed by atoms with E-state index < -0.39 is 0 Å². The monoisotopic (exact) mass is 181 g/mol. The van der Waals surface area contributed by atoms with Gasteiger partial charge in [0.1, 0.15) is 5.04 Å². The molecule has 0 bridgehead atoms. The van der Waals surface area contributed by atoms with E-state index in [9.17, 15) is 0 Å². The molecule has 0 aromatic rings. The fourth-order valence-electron chi connectivity index (χ4n) is 1.12. The van der Waals surface area contributed by atoms with Crippen molar-refractivity contribution in [2.75, 3.05) is 6.54 Å². The first kappa shape index (κ1) is 9.59. The number of hydrogen-bond acceptors (Lipinski definition) is 2. The van der Waals surface area contributed by atoms with Gasteiger partial charge in [0.05, 0.1) is 0 Å². The number of hydrogen-bond donors (Lipinski definition) is 0. The zero-order chi connectivity index (χ0) is 9.14. The highest BCUT2D eigenvalue weighted by Gasteiger charge is 2.15. The Kier molecular flexibility index (Phi) is 3.15. The highest BCUT2D eigenvalue weighted by molar-refractivity contribution is 8.18. The van der Waals surface area contributed by atoms with Gasteiger partial charge in [-0.3, -0.25) is 4.99 Å². The second-order valence-electron chi connectivity index (χ2n) is 3.05. The summed E-state index contributed by atoms with van der Waals surface area (Å²) in [5.41, 5.74) is 2.67. The summed E-state index contributed by atoms with van der Waals surface area (Å²) in [7, 11) is 0. The van der Waals surface area contributed by atoms with Crippen LogP contribution in [0.4, 0.5) is 0 Å². The molecule has 0 aliphatic carbocycles. The van der Waals surface area contributed by atoms with Gasteiger partial charge in [0.2, 0.25) is 0 Å². The SMILES string of the molecule is CCN=C1SC(C)=CC1=C(C)C. The van der Waals surface area contributed by atoms with Crippen LogP contribution in [0.15, 0.2) is 27.1 Å². The molecule has 0 unspecified atom stereocenters. The van der Waals surface area contributed by atoms with Crippen molar-refractivity contribution >= 4 is 16.8 Å². The Hall–Kier alpha value is -0.500. The van der Waals surface area contributed by atoms with Crippen molar-refractivity contribution in [2.45, 2.75) is 27.7 Å². The average Bonchev–Trinajstić information content (AvgIpc) is 2.32. The molecular formula is C10H15NS. The summed E-state index contributed by atoms with van der Waals surface area (Å²) < 4.78 is 0. The molecule has 2 heteroatoms. The van der Waals surface area contributed by atoms with Crippen LogP contribution in [-0.4, -0.2) is 11.6 Å². The highest BCUT2D eigenvalue weighted by atomic mass is 32.2. The van der Waals surface area contributed by atoms with Gasteiger partial charge in [-0.05, 0) is 38.7 Å². The van der Waals surface area contributed by atoms with Crippen molar-refractivity contribution in [3.63, 3.8) is 0 Å². The molecule has 0 radical (unpaired) electrons. The standard InChI is InChI=1S/C10H15NS/c1-5-11-10-9(7(2)3)6-8(4)12-10/h6H,5H2,1-4H3. The van der Waals surface area contributed by atoms with E-state index in [2.05, 4.69) is 38.8 Å². The Bertz CT molecular complexity index is 268. The Labute approximate surface area is 78.7 Å². The third-order valence-electron chi connectivity index (χ3n) is 1.68. The summed E-state index contributed by atoms with van der Waals surface area (Å²) in [4.78, 5) is 5.79. The summed E-state index contributed by atoms with van der Waals surface area (Å²) in [5.74, 6) is 0. The van der Waals surface area contributed by atoms with E-state index in [4.69, 9.17) is 0 Å². The van der Waals surface area contributed by atoms with Crippen LogP contribution in [-0.2, 0) is 0 Å². The summed E-state index contributed by atoms with van der Waals surface area (Å²) in [6, 6.07) is 0. The quantitative estimate of drug-likeness (QED) is 0.604. The molecule has 1 aliphatic heterocycles. The van der Waals surface area contributed by atoms with Gasteiger partial charge in [0.25, 0.3) is 0 Å². The van der Waals surface area contributed by atoms with Gasteiger partial charge in [-0.1, -0.05) is 17.3 Å². The number of thioether (sulfide) groups is 1. The molecule has 66 valence electrons. The first-order chi connectivity index (χ1) is 5.65. The van der Waals surface area contributed by atoms with Crippen molar-refractivity contribution in [2.24, 2.45) is 4.99 Å². The van der Waals surface area contributed by atoms with Crippen molar-refractivity contribution in [1.82, 2.24) is 0 Å². The first-order valence-electron chi connectivity index (χ1n) is 4.23. The second kappa shape index (κ2) is 3.94. The van der Waals surface area contributed by atoms with E-state index in [0.717, 1.165) is 6.54 Å². The van der Waals surface area contributed by atoms with Crippen molar-refractivity contribution < 1.29 is 0 Å². The summed E-state index contributed by atoms with van der Waals surface area (Å²) in [6.45, 7) is 9.35. The largest absolute Gasteiger partial charge is 0.278 e. The fraction of sp³-hybridized carbons (Fsp3) is 0.500. The van der Waals surface area contributed by atoms with Crippen LogP contribution < -0.4 is 0 Å². The Morgan fingerprint density at radius 1 is 1.50 bits per heavy atom. The van der Waals surface area contributed by atoms with Crippen LogP contribution in [0.3, 0.4) is 0 Å². The predicted octanol–water partition coefficient (Wildman–Crippen LogP) is 3.39. The lowest BCUT2D eigenvalue weighted by atomic mass is 10.1. The minimum Gasteiger partial charge on any atom is -0.278 e. The van der Waals surface area contributed by atoms with Gasteiger partial charge in [0.15, 0.2) is 0 Å². The third-order valence-corrected chi connectivity index (χ3v) is 2.66. The van der Waals surface area contributed by atoms with E-state index >= 15 is 0 Å². The van der Waals surface area contributed by atoms with E-state index in [-0.39, 0.29) is 0 Å². The minimum atomic E-state index is 0.875. The Morgan fingerprint density at radius 3 is 2.67 bits per heavy atom. The van der Waals surface area contributed by atoms with Gasteiger partial charge in [-0.2, -0.15) is 0 Å². The van der Waals surface area contributed by atoms with E-state index in [0.29, 0.717) is 0 Å². The van der Waals surface area contributed by atoms with Crippen LogP contribution >= 0.6 is 11.8 Å². The highest BCUT2D eigenvalue weighted by Crippen LogP contribution is 2.32. The normalized spacial score (nSPS) is 20.2. The molecule has 0 saturated heterocycles. The molecule has 1 nitrogen and oxygen atoms in total. The second-order valence-corrected chi connectivity index (χ2v) is 4.28. The molecule has 0 spiro atoms. The molecule has 0 N–H and O–H groups in total. The van der Waals surface area contributed by atoms with Crippen LogP contribution in [0.2, 0.25) is 0 Å². The Morgan fingerprint density at radius 2 is 2.17 bits per heavy atom. The summed E-state index contributed by atoms with van der Waals surface area (Å²) in [6.07, 6.45) is 2.22. The number of allylic oxidation sites excluding steroid dienone is 3. The summed E-state index contributed by atoms with van der Waals surface area (Å²) in [5, 5.41) is 1.19. The molecule has 1 aliphatic rings. The first-order valence-corrected chi connectivity index (χ1v) is 5.05. The molecule has 0 saturated carbocycles. The van der Waals surface area contributed by atoms with Crippen molar-refractivity contribution in [3.8, 4) is 0 Å². The van der Waals surface area contributed by atoms with Gasteiger partial charge in [-0.15, -0.1) is 0 Å². The molecular weight excluding hydrogens is 166 g/mol. The topological polar surface area (TPSA) is 12.4 Å². The molecule has 12 heavy (non-hydrogen) atoms. The van der Waals surface area contributed by atoms with Crippen LogP contribution in [0.5, 0.6) is 0 Å². The van der Waals surface area contributed by atoms with Crippen LogP contribution in [0.1, 0.15) is 27.7 Å². The average molecular weight is 181 g/mol. The number of aliphatic imine (C=N–C) groups is 1. The lowest BCUT2D eigenvalue weighted by Gasteiger charge is -1.99. The minimum absolute atomic E-state index is 0.875. The predicted molar refractivity (Wildman–Crippen MR) is 57.7 cm³/mol. The van der Waals surface area contributed by atoms with Crippen molar-refractivity contribution in [1.29, 1.82) is 0 Å². The van der Waals surface area contributed by atoms with E-state index in [1.807, 2.05) is 0 Å². The molecule has 0 atom stereocenters. The van der Waals surface area contributed by atoms with E-state index in [1.54, 1.807) is 11.8 Å². The maximum Gasteiger partial charge on any atom is 0.102 e. The van der Waals surface area contributed by atoms with Crippen LogP contribution in [0, 0.1) is 0 Å². The van der Waals surface area contributed by atoms with Gasteiger partial charge in [-0.25, -0.2) is 0 Å². The van der Waals surface area contributed by atoms with E-state index in [1.165, 1.54) is 21.1 Å². The molecule has 1 rings (SSSR count). The number of nitrogens with zero attached hydrogens (tertiary/aromatic N) is 1. The third kappa shape index (κ3) is 2.01. The zero-order valence-corrected chi connectivity index (χ0v) is 8.96. The number of rotatable bonds is 1. The fourth-order valence-corrected chi connectivity index (χ4v) is 2.17. The molecule has 1 heterocycles. The molecule has 0 fully saturated rings. The molecule has 0 aromatic heterocycles. The van der Waals surface area contributed by atoms with Gasteiger partial charge < -0.3 is 0 Å². The van der Waals surface area contributed by atoms with Crippen LogP contribution in [0.25, 0.3) is 0 Å². The van der Waals surface area contributed by atoms with Gasteiger partial charge in [0, 0.05) is 12.1 Å². The zero-order valence-electron chi connectivity index (χ0n) is 8.14. The molecule has 0 aromatic carbocycles. The molecule has 0 amide bonds. The lowest BCUT2D eigenvalue weighted by Crippen LogP contribution is -1.93. The Balaban J connectivity index is 2.98. The maximum absolute atomic E-state index is 4.45. The van der Waals surface area contributed by atoms with Crippen molar-refractivity contribution in [3.05, 3.63) is 22.1 Å². The lowest BCUT2D eigenvalue weighted by molar-refractivity contribution is 1.14. The smallest absolute Gasteiger partial charge is 0.102 e.